The molecule has 0 bridgehead atoms. The molecule has 0 aromatic heterocycles. The second-order valence-corrected chi connectivity index (χ2v) is 10.0. The predicted octanol–water partition coefficient (Wildman–Crippen LogP) is 10.1. The van der Waals surface area contributed by atoms with Crippen molar-refractivity contribution in [2.45, 2.75) is 129 Å². The van der Waals surface area contributed by atoms with Crippen LogP contribution in [0.2, 0.25) is 0 Å². The summed E-state index contributed by atoms with van der Waals surface area (Å²) in [4.78, 5) is 0. The van der Waals surface area contributed by atoms with E-state index in [0.717, 1.165) is 5.39 Å². The van der Waals surface area contributed by atoms with Crippen LogP contribution in [-0.4, -0.2) is 5.11 Å². The molecule has 1 heteroatoms. The molecule has 0 aliphatic heterocycles. The molecular weight excluding hydrogens is 376 g/mol. The summed E-state index contributed by atoms with van der Waals surface area (Å²) in [7, 11) is 0. The van der Waals surface area contributed by atoms with Crippen LogP contribution < -0.4 is 0 Å². The lowest BCUT2D eigenvalue weighted by atomic mass is 9.73. The highest BCUT2D eigenvalue weighted by Gasteiger charge is 2.26. The zero-order chi connectivity index (χ0) is 22.4. The number of phenols is 1. The number of fused-ring (bicyclic) bond motifs is 1. The zero-order valence-electron chi connectivity index (χ0n) is 20.7. The van der Waals surface area contributed by atoms with Crippen LogP contribution in [-0.2, 0) is 5.41 Å². The van der Waals surface area contributed by atoms with Gasteiger partial charge in [-0.2, -0.15) is 0 Å². The molecule has 0 radical (unpaired) electrons. The highest BCUT2D eigenvalue weighted by molar-refractivity contribution is 5.84. The molecule has 174 valence electrons. The van der Waals surface area contributed by atoms with Crippen LogP contribution in [0.1, 0.15) is 129 Å². The molecule has 0 saturated carbocycles. The summed E-state index contributed by atoms with van der Waals surface area (Å²) in [5.41, 5.74) is 1.75. The van der Waals surface area contributed by atoms with E-state index in [1.54, 1.807) is 0 Å². The first-order valence-electron chi connectivity index (χ1n) is 13.3. The Morgan fingerprint density at radius 2 is 1.03 bits per heavy atom. The molecule has 2 aromatic rings. The summed E-state index contributed by atoms with van der Waals surface area (Å²) in [6.45, 7) is 7.09. The molecule has 0 spiro atoms. The van der Waals surface area contributed by atoms with Gasteiger partial charge in [0.25, 0.3) is 0 Å². The van der Waals surface area contributed by atoms with Gasteiger partial charge in [0, 0.05) is 0 Å². The van der Waals surface area contributed by atoms with Gasteiger partial charge < -0.3 is 5.11 Å². The molecule has 2 aromatic carbocycles. The maximum absolute atomic E-state index is 9.80. The van der Waals surface area contributed by atoms with Crippen LogP contribution in [0.15, 0.2) is 36.4 Å². The molecule has 1 atom stereocenters. The van der Waals surface area contributed by atoms with E-state index < -0.39 is 0 Å². The van der Waals surface area contributed by atoms with E-state index >= 15 is 0 Å². The van der Waals surface area contributed by atoms with E-state index in [4.69, 9.17) is 0 Å². The lowest BCUT2D eigenvalue weighted by Gasteiger charge is -2.31. The minimum absolute atomic E-state index is 0.263. The Balaban J connectivity index is 1.95. The number of aromatic hydroxyl groups is 1. The van der Waals surface area contributed by atoms with E-state index in [9.17, 15) is 5.11 Å². The molecule has 1 nitrogen and oxygen atoms in total. The van der Waals surface area contributed by atoms with Gasteiger partial charge in [-0.05, 0) is 46.7 Å². The number of rotatable bonds is 17. The topological polar surface area (TPSA) is 20.2 Å². The first-order valence-corrected chi connectivity index (χ1v) is 13.3. The minimum Gasteiger partial charge on any atom is -0.508 e. The largest absolute Gasteiger partial charge is 0.508 e. The van der Waals surface area contributed by atoms with Gasteiger partial charge in [0.05, 0.1) is 0 Å². The van der Waals surface area contributed by atoms with Crippen molar-refractivity contribution in [1.82, 2.24) is 0 Å². The van der Waals surface area contributed by atoms with Crippen LogP contribution in [0.4, 0.5) is 0 Å². The van der Waals surface area contributed by atoms with Crippen LogP contribution in [0.3, 0.4) is 0 Å². The Bertz CT molecular complexity index is 734. The fourth-order valence-electron chi connectivity index (χ4n) is 4.97. The van der Waals surface area contributed by atoms with Crippen molar-refractivity contribution in [3.63, 3.8) is 0 Å². The van der Waals surface area contributed by atoms with Gasteiger partial charge in [-0.3, -0.25) is 0 Å². The highest BCUT2D eigenvalue weighted by atomic mass is 16.3. The van der Waals surface area contributed by atoms with Gasteiger partial charge in [0.15, 0.2) is 0 Å². The smallest absolute Gasteiger partial charge is 0.116 e. The third-order valence-electron chi connectivity index (χ3n) is 7.18. The standard InChI is InChI=1S/C30H48O/c1-4-6-8-10-12-13-15-17-23-30(3,22-16-14-11-9-7-5-2)28-20-18-27-25-29(31)21-19-26(27)24-28/h18-21,24-25,31H,4-17,22-23H2,1-3H3. The monoisotopic (exact) mass is 424 g/mol. The summed E-state index contributed by atoms with van der Waals surface area (Å²) in [5.74, 6) is 0.356. The fraction of sp³-hybridized carbons (Fsp3) is 0.667. The number of unbranched alkanes of at least 4 members (excludes halogenated alkanes) is 12. The molecule has 0 aliphatic rings. The summed E-state index contributed by atoms with van der Waals surface area (Å²) in [6.07, 6.45) is 21.9. The third kappa shape index (κ3) is 9.26. The first-order chi connectivity index (χ1) is 15.1. The van der Waals surface area contributed by atoms with Crippen LogP contribution >= 0.6 is 0 Å². The molecule has 0 aliphatic carbocycles. The zero-order valence-corrected chi connectivity index (χ0v) is 20.7. The lowest BCUT2D eigenvalue weighted by molar-refractivity contribution is 0.362. The average molecular weight is 425 g/mol. The summed E-state index contributed by atoms with van der Waals surface area (Å²) >= 11 is 0. The number of hydrogen-bond acceptors (Lipinski definition) is 1. The van der Waals surface area contributed by atoms with E-state index in [1.807, 2.05) is 12.1 Å². The van der Waals surface area contributed by atoms with Gasteiger partial charge in [0.1, 0.15) is 5.75 Å². The Morgan fingerprint density at radius 1 is 0.581 bits per heavy atom. The van der Waals surface area contributed by atoms with Gasteiger partial charge in [0.2, 0.25) is 0 Å². The molecule has 0 heterocycles. The Labute approximate surface area is 192 Å². The molecule has 0 fully saturated rings. The Morgan fingerprint density at radius 3 is 1.58 bits per heavy atom. The maximum atomic E-state index is 9.80. The summed E-state index contributed by atoms with van der Waals surface area (Å²) < 4.78 is 0. The van der Waals surface area contributed by atoms with Crippen molar-refractivity contribution in [3.8, 4) is 5.75 Å². The predicted molar refractivity (Wildman–Crippen MR) is 138 cm³/mol. The lowest BCUT2D eigenvalue weighted by Crippen LogP contribution is -2.22. The van der Waals surface area contributed by atoms with Gasteiger partial charge in [-0.15, -0.1) is 0 Å². The van der Waals surface area contributed by atoms with Crippen molar-refractivity contribution < 1.29 is 5.11 Å². The van der Waals surface area contributed by atoms with Crippen LogP contribution in [0.5, 0.6) is 5.75 Å². The molecular formula is C30H48O. The summed E-state index contributed by atoms with van der Waals surface area (Å²) in [5, 5.41) is 12.2. The molecule has 31 heavy (non-hydrogen) atoms. The molecule has 0 amide bonds. The summed E-state index contributed by atoms with van der Waals surface area (Å²) in [6, 6.07) is 12.7. The van der Waals surface area contributed by atoms with E-state index in [1.165, 1.54) is 114 Å². The van der Waals surface area contributed by atoms with E-state index in [-0.39, 0.29) is 5.41 Å². The average Bonchev–Trinajstić information content (AvgIpc) is 2.77. The fourth-order valence-corrected chi connectivity index (χ4v) is 4.97. The number of phenolic OH excluding ortho intramolecular Hbond substituents is 1. The van der Waals surface area contributed by atoms with Crippen molar-refractivity contribution in [1.29, 1.82) is 0 Å². The molecule has 1 unspecified atom stereocenters. The van der Waals surface area contributed by atoms with E-state index in [2.05, 4.69) is 45.0 Å². The Hall–Kier alpha value is -1.50. The van der Waals surface area contributed by atoms with Crippen LogP contribution in [0.25, 0.3) is 10.8 Å². The quantitative estimate of drug-likeness (QED) is 0.250. The second kappa shape index (κ2) is 14.5. The maximum Gasteiger partial charge on any atom is 0.116 e. The number of hydrogen-bond donors (Lipinski definition) is 1. The van der Waals surface area contributed by atoms with Gasteiger partial charge >= 0.3 is 0 Å². The second-order valence-electron chi connectivity index (χ2n) is 10.0. The molecule has 2 rings (SSSR count). The van der Waals surface area contributed by atoms with Gasteiger partial charge in [-0.1, -0.05) is 135 Å². The molecule has 0 saturated heterocycles. The van der Waals surface area contributed by atoms with Crippen molar-refractivity contribution >= 4 is 10.8 Å². The van der Waals surface area contributed by atoms with Crippen molar-refractivity contribution in [2.24, 2.45) is 0 Å². The Kier molecular flexibility index (Phi) is 12.1. The first kappa shape index (κ1) is 25.8. The third-order valence-corrected chi connectivity index (χ3v) is 7.18. The molecule has 1 N–H and O–H groups in total. The van der Waals surface area contributed by atoms with Crippen molar-refractivity contribution in [2.75, 3.05) is 0 Å². The van der Waals surface area contributed by atoms with Gasteiger partial charge in [-0.25, -0.2) is 0 Å². The van der Waals surface area contributed by atoms with Crippen molar-refractivity contribution in [3.05, 3.63) is 42.0 Å². The van der Waals surface area contributed by atoms with Crippen LogP contribution in [0, 0.1) is 0 Å². The SMILES string of the molecule is CCCCCCCCCCC(C)(CCCCCCCC)c1ccc2cc(O)ccc2c1. The normalized spacial score (nSPS) is 13.5. The highest BCUT2D eigenvalue weighted by Crippen LogP contribution is 2.37. The minimum atomic E-state index is 0.263. The van der Waals surface area contributed by atoms with E-state index in [0.29, 0.717) is 5.75 Å². The number of benzene rings is 2.